The molecule has 1 heterocycles. The number of carbonyl (C=O) groups excluding carboxylic acids is 3. The molecule has 0 aliphatic rings. The van der Waals surface area contributed by atoms with Crippen LogP contribution >= 0.6 is 11.8 Å². The molecule has 10 heteroatoms. The highest BCUT2D eigenvalue weighted by atomic mass is 32.2. The Morgan fingerprint density at radius 1 is 1.12 bits per heavy atom. The van der Waals surface area contributed by atoms with E-state index in [2.05, 4.69) is 4.42 Å². The molecule has 1 aromatic rings. The first-order chi connectivity index (χ1) is 11.8. The van der Waals surface area contributed by atoms with Crippen LogP contribution in [0.3, 0.4) is 0 Å². The maximum atomic E-state index is 11.5. The van der Waals surface area contributed by atoms with Crippen LogP contribution in [-0.2, 0) is 30.4 Å². The summed E-state index contributed by atoms with van der Waals surface area (Å²) in [5, 5.41) is -0.597. The van der Waals surface area contributed by atoms with Crippen molar-refractivity contribution in [1.82, 2.24) is 0 Å². The fourth-order valence-corrected chi connectivity index (χ4v) is 2.03. The van der Waals surface area contributed by atoms with Crippen LogP contribution in [0.4, 0.5) is 4.79 Å². The predicted octanol–water partition coefficient (Wildman–Crippen LogP) is 2.39. The average Bonchev–Trinajstić information content (AvgIpc) is 2.87. The fraction of sp³-hybridized carbons (Fsp3) is 0.600. The first kappa shape index (κ1) is 20.8. The van der Waals surface area contributed by atoms with E-state index in [0.717, 1.165) is 11.8 Å². The van der Waals surface area contributed by atoms with Crippen LogP contribution in [0.25, 0.3) is 0 Å². The Labute approximate surface area is 148 Å². The topological polar surface area (TPSA) is 122 Å². The van der Waals surface area contributed by atoms with Gasteiger partial charge in [0.2, 0.25) is 6.79 Å². The molecule has 0 saturated heterocycles. The molecule has 0 amide bonds. The number of esters is 2. The summed E-state index contributed by atoms with van der Waals surface area (Å²) in [6.45, 7) is 4.24. The summed E-state index contributed by atoms with van der Waals surface area (Å²) in [4.78, 5) is 44.9. The molecule has 1 aromatic heterocycles. The Bertz CT molecular complexity index is 644. The molecule has 0 saturated carbocycles. The Morgan fingerprint density at radius 2 is 1.84 bits per heavy atom. The van der Waals surface area contributed by atoms with Crippen molar-refractivity contribution in [1.29, 1.82) is 0 Å². The highest BCUT2D eigenvalue weighted by molar-refractivity contribution is 8.13. The molecule has 0 atom stereocenters. The summed E-state index contributed by atoms with van der Waals surface area (Å²) >= 11 is 0.864. The van der Waals surface area contributed by atoms with Gasteiger partial charge < -0.3 is 23.0 Å². The van der Waals surface area contributed by atoms with Crippen LogP contribution in [0, 0.1) is 12.8 Å². The second kappa shape index (κ2) is 10.6. The molecule has 0 aliphatic carbocycles. The number of aryl methyl sites for hydroxylation is 1. The van der Waals surface area contributed by atoms with Gasteiger partial charge in [-0.15, -0.1) is 0 Å². The van der Waals surface area contributed by atoms with Crippen molar-refractivity contribution in [2.75, 3.05) is 12.5 Å². The Hall–Kier alpha value is -2.23. The van der Waals surface area contributed by atoms with Gasteiger partial charge in [0, 0.05) is 12.2 Å². The van der Waals surface area contributed by atoms with Crippen LogP contribution in [-0.4, -0.2) is 29.8 Å². The van der Waals surface area contributed by atoms with Crippen LogP contribution in [0.15, 0.2) is 13.6 Å². The first-order valence-electron chi connectivity index (χ1n) is 7.50. The van der Waals surface area contributed by atoms with Gasteiger partial charge >= 0.3 is 23.1 Å². The summed E-state index contributed by atoms with van der Waals surface area (Å²) in [5.41, 5.74) is 0. The predicted molar refractivity (Wildman–Crippen MR) is 85.7 cm³/mol. The molecule has 0 N–H and O–H groups in total. The van der Waals surface area contributed by atoms with E-state index in [4.69, 9.17) is 18.6 Å². The van der Waals surface area contributed by atoms with Crippen molar-refractivity contribution in [3.8, 4) is 0 Å². The normalized spacial score (nSPS) is 10.6. The summed E-state index contributed by atoms with van der Waals surface area (Å²) in [7, 11) is 0. The minimum atomic E-state index is -0.850. The molecule has 25 heavy (non-hydrogen) atoms. The third kappa shape index (κ3) is 8.43. The number of carbonyl (C=O) groups is 3. The van der Waals surface area contributed by atoms with Gasteiger partial charge in [-0.25, -0.2) is 9.59 Å². The summed E-state index contributed by atoms with van der Waals surface area (Å²) in [6, 6.07) is 0. The van der Waals surface area contributed by atoms with Gasteiger partial charge in [0.25, 0.3) is 0 Å². The lowest BCUT2D eigenvalue weighted by Crippen LogP contribution is -2.15. The molecular weight excluding hydrogens is 356 g/mol. The van der Waals surface area contributed by atoms with E-state index in [0.29, 0.717) is 12.2 Å². The minimum Gasteiger partial charge on any atom is -0.457 e. The molecule has 0 bridgehead atoms. The Balaban J connectivity index is 2.09. The number of thioether (sulfide) groups is 1. The molecule has 0 radical (unpaired) electrons. The molecule has 140 valence electrons. The second-order valence-corrected chi connectivity index (χ2v) is 6.21. The van der Waals surface area contributed by atoms with Crippen molar-refractivity contribution in [3.63, 3.8) is 0 Å². The van der Waals surface area contributed by atoms with Crippen molar-refractivity contribution in [2.24, 2.45) is 5.92 Å². The van der Waals surface area contributed by atoms with Gasteiger partial charge in [0.1, 0.15) is 0 Å². The van der Waals surface area contributed by atoms with Crippen molar-refractivity contribution < 1.29 is 37.4 Å². The quantitative estimate of drug-likeness (QED) is 0.360. The van der Waals surface area contributed by atoms with E-state index in [1.165, 1.54) is 6.92 Å². The van der Waals surface area contributed by atoms with Gasteiger partial charge in [-0.2, -0.15) is 0 Å². The van der Waals surface area contributed by atoms with Gasteiger partial charge in [-0.05, 0) is 25.1 Å². The fourth-order valence-electron chi connectivity index (χ4n) is 1.44. The molecule has 9 nitrogen and oxygen atoms in total. The first-order valence-corrected chi connectivity index (χ1v) is 8.49. The van der Waals surface area contributed by atoms with E-state index in [-0.39, 0.29) is 30.5 Å². The van der Waals surface area contributed by atoms with E-state index < -0.39 is 29.9 Å². The zero-order valence-corrected chi connectivity index (χ0v) is 15.0. The van der Waals surface area contributed by atoms with Gasteiger partial charge in [0.05, 0.1) is 5.92 Å². The van der Waals surface area contributed by atoms with E-state index in [1.807, 2.05) is 0 Å². The second-order valence-electron chi connectivity index (χ2n) is 5.18. The van der Waals surface area contributed by atoms with Crippen LogP contribution in [0.5, 0.6) is 0 Å². The van der Waals surface area contributed by atoms with Crippen molar-refractivity contribution in [2.45, 2.75) is 40.2 Å². The lowest BCUT2D eigenvalue weighted by molar-refractivity contribution is -0.155. The maximum Gasteiger partial charge on any atom is 0.519 e. The Kier molecular flexibility index (Phi) is 8.82. The highest BCUT2D eigenvalue weighted by Crippen LogP contribution is 2.11. The van der Waals surface area contributed by atoms with E-state index in [1.54, 1.807) is 13.8 Å². The van der Waals surface area contributed by atoms with Crippen molar-refractivity contribution >= 4 is 29.0 Å². The molecule has 0 fully saturated rings. The van der Waals surface area contributed by atoms with Gasteiger partial charge in [0.15, 0.2) is 18.1 Å². The lowest BCUT2D eigenvalue weighted by Gasteiger charge is -2.07. The lowest BCUT2D eigenvalue weighted by atomic mass is 10.2. The number of hydrogen-bond acceptors (Lipinski definition) is 10. The molecule has 1 rings (SSSR count). The van der Waals surface area contributed by atoms with Gasteiger partial charge in [-0.1, -0.05) is 13.8 Å². The van der Waals surface area contributed by atoms with E-state index >= 15 is 0 Å². The number of hydrogen-bond donors (Lipinski definition) is 0. The standard InChI is InChI=1S/C15H20O9S/c1-9(2)13(17)21-8-22-15(19)25-6-4-5-12(16)20-7-11-10(3)23-14(18)24-11/h9H,4-8H2,1-3H3. The van der Waals surface area contributed by atoms with Crippen molar-refractivity contribution in [3.05, 3.63) is 22.1 Å². The number of rotatable bonds is 9. The number of ether oxygens (including phenoxy) is 3. The SMILES string of the molecule is Cc1oc(=O)oc1COC(=O)CCCSC(=O)OCOC(=O)C(C)C. The third-order valence-electron chi connectivity index (χ3n) is 2.79. The largest absolute Gasteiger partial charge is 0.519 e. The Morgan fingerprint density at radius 3 is 2.44 bits per heavy atom. The van der Waals surface area contributed by atoms with Crippen LogP contribution < -0.4 is 5.82 Å². The van der Waals surface area contributed by atoms with E-state index in [9.17, 15) is 19.2 Å². The van der Waals surface area contributed by atoms with Crippen LogP contribution in [0.1, 0.15) is 38.2 Å². The zero-order chi connectivity index (χ0) is 18.8. The summed E-state index contributed by atoms with van der Waals surface area (Å²) in [6.07, 6.45) is 0.475. The monoisotopic (exact) mass is 376 g/mol. The highest BCUT2D eigenvalue weighted by Gasteiger charge is 2.13. The van der Waals surface area contributed by atoms with Crippen LogP contribution in [0.2, 0.25) is 0 Å². The molecular formula is C15H20O9S. The average molecular weight is 376 g/mol. The smallest absolute Gasteiger partial charge is 0.457 e. The zero-order valence-electron chi connectivity index (χ0n) is 14.2. The molecule has 0 spiro atoms. The molecule has 0 aliphatic heterocycles. The minimum absolute atomic E-state index is 0.0871. The third-order valence-corrected chi connectivity index (χ3v) is 3.64. The molecule has 0 aromatic carbocycles. The van der Waals surface area contributed by atoms with Gasteiger partial charge in [-0.3, -0.25) is 9.59 Å². The maximum absolute atomic E-state index is 11.5. The summed E-state index contributed by atoms with van der Waals surface area (Å²) < 4.78 is 23.6. The summed E-state index contributed by atoms with van der Waals surface area (Å²) in [5.74, 6) is -1.34. The molecule has 0 unspecified atom stereocenters.